The Morgan fingerprint density at radius 1 is 1.12 bits per heavy atom. The minimum atomic E-state index is -0.560. The maximum Gasteiger partial charge on any atom is 0.245 e. The zero-order chi connectivity index (χ0) is 24.1. The number of oxazole rings is 1. The highest BCUT2D eigenvalue weighted by Crippen LogP contribution is 2.23. The highest BCUT2D eigenvalue weighted by Gasteiger charge is 2.25. The molecule has 3 aromatic rings. The number of anilines is 1. The van der Waals surface area contributed by atoms with E-state index in [0.717, 1.165) is 23.1 Å². The Bertz CT molecular complexity index is 1190. The number of carbonyl (C=O) groups excluding carboxylic acids is 3. The summed E-state index contributed by atoms with van der Waals surface area (Å²) in [5, 5.41) is 5.66. The first-order chi connectivity index (χ1) is 16.4. The van der Waals surface area contributed by atoms with Crippen LogP contribution in [0.25, 0.3) is 11.3 Å². The SMILES string of the molecule is CCC(=O)NC(C)C(=O)N1CCc2ccc(CC(=O)Nc3cccc(-c4cnco4)c3)cc2C1. The van der Waals surface area contributed by atoms with Crippen LogP contribution in [0.2, 0.25) is 0 Å². The summed E-state index contributed by atoms with van der Waals surface area (Å²) >= 11 is 0. The van der Waals surface area contributed by atoms with Gasteiger partial charge in [0.15, 0.2) is 12.2 Å². The van der Waals surface area contributed by atoms with Gasteiger partial charge in [-0.1, -0.05) is 37.3 Å². The van der Waals surface area contributed by atoms with Crippen LogP contribution in [-0.4, -0.2) is 40.2 Å². The molecule has 1 aliphatic heterocycles. The Kier molecular flexibility index (Phi) is 7.06. The smallest absolute Gasteiger partial charge is 0.245 e. The van der Waals surface area contributed by atoms with Crippen molar-refractivity contribution in [3.63, 3.8) is 0 Å². The molecule has 2 N–H and O–H groups in total. The maximum absolute atomic E-state index is 12.8. The van der Waals surface area contributed by atoms with Crippen molar-refractivity contribution in [3.05, 3.63) is 71.7 Å². The number of aromatic nitrogens is 1. The van der Waals surface area contributed by atoms with Gasteiger partial charge in [-0.15, -0.1) is 0 Å². The topological polar surface area (TPSA) is 105 Å². The quantitative estimate of drug-likeness (QED) is 0.563. The first kappa shape index (κ1) is 23.2. The number of carbonyl (C=O) groups is 3. The van der Waals surface area contributed by atoms with E-state index in [1.807, 2.05) is 42.5 Å². The van der Waals surface area contributed by atoms with Crippen LogP contribution in [-0.2, 0) is 33.8 Å². The Labute approximate surface area is 198 Å². The molecule has 1 unspecified atom stereocenters. The number of benzene rings is 2. The zero-order valence-corrected chi connectivity index (χ0v) is 19.3. The van der Waals surface area contributed by atoms with Crippen molar-refractivity contribution in [3.8, 4) is 11.3 Å². The van der Waals surface area contributed by atoms with Gasteiger partial charge in [0.05, 0.1) is 12.6 Å². The molecule has 0 saturated heterocycles. The molecule has 176 valence electrons. The fourth-order valence-electron chi connectivity index (χ4n) is 4.09. The van der Waals surface area contributed by atoms with Crippen molar-refractivity contribution in [1.29, 1.82) is 0 Å². The van der Waals surface area contributed by atoms with Gasteiger partial charge in [0.2, 0.25) is 17.7 Å². The van der Waals surface area contributed by atoms with Gasteiger partial charge in [-0.2, -0.15) is 0 Å². The molecule has 0 fully saturated rings. The molecule has 4 rings (SSSR count). The van der Waals surface area contributed by atoms with Gasteiger partial charge in [0.25, 0.3) is 0 Å². The first-order valence-electron chi connectivity index (χ1n) is 11.4. The first-order valence-corrected chi connectivity index (χ1v) is 11.4. The molecule has 0 saturated carbocycles. The summed E-state index contributed by atoms with van der Waals surface area (Å²) in [5.74, 6) is 0.267. The van der Waals surface area contributed by atoms with E-state index in [1.54, 1.807) is 24.9 Å². The van der Waals surface area contributed by atoms with Crippen molar-refractivity contribution in [2.75, 3.05) is 11.9 Å². The summed E-state index contributed by atoms with van der Waals surface area (Å²) < 4.78 is 5.32. The summed E-state index contributed by atoms with van der Waals surface area (Å²) in [7, 11) is 0. The molecule has 0 bridgehead atoms. The summed E-state index contributed by atoms with van der Waals surface area (Å²) in [4.78, 5) is 42.8. The van der Waals surface area contributed by atoms with Crippen molar-refractivity contribution >= 4 is 23.4 Å². The molecule has 2 aromatic carbocycles. The van der Waals surface area contributed by atoms with E-state index >= 15 is 0 Å². The van der Waals surface area contributed by atoms with E-state index in [-0.39, 0.29) is 24.1 Å². The van der Waals surface area contributed by atoms with E-state index in [4.69, 9.17) is 4.42 Å². The summed E-state index contributed by atoms with van der Waals surface area (Å²) in [6.07, 6.45) is 4.30. The van der Waals surface area contributed by atoms with Crippen LogP contribution < -0.4 is 10.6 Å². The predicted octanol–water partition coefficient (Wildman–Crippen LogP) is 3.32. The third-order valence-corrected chi connectivity index (χ3v) is 5.89. The average molecular weight is 461 g/mol. The summed E-state index contributed by atoms with van der Waals surface area (Å²) in [6.45, 7) is 4.55. The second-order valence-corrected chi connectivity index (χ2v) is 8.43. The van der Waals surface area contributed by atoms with Crippen molar-refractivity contribution in [2.45, 2.75) is 45.7 Å². The number of fused-ring (bicyclic) bond motifs is 1. The van der Waals surface area contributed by atoms with Crippen LogP contribution in [0.3, 0.4) is 0 Å². The van der Waals surface area contributed by atoms with Gasteiger partial charge < -0.3 is 20.0 Å². The average Bonchev–Trinajstić information content (AvgIpc) is 3.38. The van der Waals surface area contributed by atoms with Gasteiger partial charge in [-0.05, 0) is 42.2 Å². The standard InChI is InChI=1S/C26H28N4O4/c1-3-24(31)28-17(2)26(33)30-10-9-19-8-7-18(11-21(19)15-30)12-25(32)29-22-6-4-5-20(13-22)23-14-27-16-34-23/h4-8,11,13-14,16-17H,3,9-10,12,15H2,1-2H3,(H,28,31)(H,29,32). The van der Waals surface area contributed by atoms with E-state index in [1.165, 1.54) is 12.0 Å². The van der Waals surface area contributed by atoms with Gasteiger partial charge in [-0.3, -0.25) is 14.4 Å². The van der Waals surface area contributed by atoms with Gasteiger partial charge >= 0.3 is 0 Å². The second-order valence-electron chi connectivity index (χ2n) is 8.43. The van der Waals surface area contributed by atoms with Crippen LogP contribution in [0.4, 0.5) is 5.69 Å². The minimum absolute atomic E-state index is 0.0952. The van der Waals surface area contributed by atoms with Crippen LogP contribution >= 0.6 is 0 Å². The molecular weight excluding hydrogens is 432 g/mol. The molecule has 0 aliphatic carbocycles. The van der Waals surface area contributed by atoms with E-state index in [9.17, 15) is 14.4 Å². The van der Waals surface area contributed by atoms with Crippen LogP contribution in [0.1, 0.15) is 37.0 Å². The third-order valence-electron chi connectivity index (χ3n) is 5.89. The number of hydrogen-bond acceptors (Lipinski definition) is 5. The van der Waals surface area contributed by atoms with Crippen molar-refractivity contribution < 1.29 is 18.8 Å². The van der Waals surface area contributed by atoms with Crippen LogP contribution in [0.15, 0.2) is 59.5 Å². The molecule has 0 spiro atoms. The number of amides is 3. The molecule has 1 atom stereocenters. The Morgan fingerprint density at radius 2 is 1.97 bits per heavy atom. The number of nitrogens with zero attached hydrogens (tertiary/aromatic N) is 2. The fraction of sp³-hybridized carbons (Fsp3) is 0.308. The number of rotatable bonds is 7. The van der Waals surface area contributed by atoms with Crippen LogP contribution in [0.5, 0.6) is 0 Å². The van der Waals surface area contributed by atoms with E-state index in [2.05, 4.69) is 15.6 Å². The lowest BCUT2D eigenvalue weighted by atomic mass is 9.96. The molecule has 2 heterocycles. The van der Waals surface area contributed by atoms with Crippen molar-refractivity contribution in [2.24, 2.45) is 0 Å². The molecule has 8 nitrogen and oxygen atoms in total. The maximum atomic E-state index is 12.8. The highest BCUT2D eigenvalue weighted by molar-refractivity contribution is 5.93. The second kappa shape index (κ2) is 10.3. The molecule has 8 heteroatoms. The molecule has 1 aromatic heterocycles. The normalized spacial score (nSPS) is 13.6. The third kappa shape index (κ3) is 5.51. The highest BCUT2D eigenvalue weighted by atomic mass is 16.3. The van der Waals surface area contributed by atoms with Crippen LogP contribution in [0, 0.1) is 0 Å². The monoisotopic (exact) mass is 460 g/mol. The van der Waals surface area contributed by atoms with E-state index < -0.39 is 6.04 Å². The minimum Gasteiger partial charge on any atom is -0.444 e. The lowest BCUT2D eigenvalue weighted by Crippen LogP contribution is -2.48. The molecule has 0 radical (unpaired) electrons. The lowest BCUT2D eigenvalue weighted by Gasteiger charge is -2.31. The van der Waals surface area contributed by atoms with Gasteiger partial charge in [0, 0.05) is 30.8 Å². The van der Waals surface area contributed by atoms with Crippen molar-refractivity contribution in [1.82, 2.24) is 15.2 Å². The van der Waals surface area contributed by atoms with Gasteiger partial charge in [0.1, 0.15) is 6.04 Å². The predicted molar refractivity (Wildman–Crippen MR) is 128 cm³/mol. The molecular formula is C26H28N4O4. The van der Waals surface area contributed by atoms with E-state index in [0.29, 0.717) is 31.0 Å². The lowest BCUT2D eigenvalue weighted by molar-refractivity contribution is -0.136. The Morgan fingerprint density at radius 3 is 2.74 bits per heavy atom. The summed E-state index contributed by atoms with van der Waals surface area (Å²) in [6, 6.07) is 12.8. The van der Waals surface area contributed by atoms with Gasteiger partial charge in [-0.25, -0.2) is 4.98 Å². The molecule has 1 aliphatic rings. The number of nitrogens with one attached hydrogen (secondary N) is 2. The molecule has 34 heavy (non-hydrogen) atoms. The largest absolute Gasteiger partial charge is 0.444 e. The fourth-order valence-corrected chi connectivity index (χ4v) is 4.09. The zero-order valence-electron chi connectivity index (χ0n) is 19.3. The number of hydrogen-bond donors (Lipinski definition) is 2. The molecule has 3 amide bonds. The Hall–Kier alpha value is -3.94. The summed E-state index contributed by atoms with van der Waals surface area (Å²) in [5.41, 5.74) is 4.60. The Balaban J connectivity index is 1.39.